The molecule has 0 aliphatic carbocycles. The first-order valence-electron chi connectivity index (χ1n) is 9.87. The van der Waals surface area contributed by atoms with Gasteiger partial charge in [0.2, 0.25) is 0 Å². The Kier molecular flexibility index (Phi) is 5.85. The number of aromatic nitrogens is 3. The smallest absolute Gasteiger partial charge is 0.356 e. The van der Waals surface area contributed by atoms with Gasteiger partial charge < -0.3 is 19.1 Å². The fraction of sp³-hybridized carbons (Fsp3) is 0.167. The van der Waals surface area contributed by atoms with Gasteiger partial charge in [-0.1, -0.05) is 12.1 Å². The van der Waals surface area contributed by atoms with Gasteiger partial charge in [-0.25, -0.2) is 19.7 Å². The van der Waals surface area contributed by atoms with E-state index in [1.807, 2.05) is 61.3 Å². The van der Waals surface area contributed by atoms with E-state index in [2.05, 4.69) is 19.7 Å². The number of hydrogen-bond donors (Lipinski definition) is 0. The highest BCUT2D eigenvalue weighted by atomic mass is 16.5. The van der Waals surface area contributed by atoms with Gasteiger partial charge in [0.25, 0.3) is 0 Å². The third kappa shape index (κ3) is 4.15. The lowest BCUT2D eigenvalue weighted by Gasteiger charge is -2.22. The van der Waals surface area contributed by atoms with Gasteiger partial charge in [0, 0.05) is 24.2 Å². The third-order valence-corrected chi connectivity index (χ3v) is 4.91. The summed E-state index contributed by atoms with van der Waals surface area (Å²) in [4.78, 5) is 26.8. The van der Waals surface area contributed by atoms with E-state index in [0.29, 0.717) is 23.1 Å². The summed E-state index contributed by atoms with van der Waals surface area (Å²) >= 11 is 0. The number of carbonyl (C=O) groups excluding carboxylic acids is 1. The summed E-state index contributed by atoms with van der Waals surface area (Å²) in [5.41, 5.74) is 1.93. The number of ether oxygens (including phenoxy) is 3. The molecule has 0 aliphatic rings. The maximum atomic E-state index is 11.6. The van der Waals surface area contributed by atoms with E-state index in [9.17, 15) is 4.79 Å². The number of fused-ring (bicyclic) bond motifs is 1. The summed E-state index contributed by atoms with van der Waals surface area (Å²) in [5, 5.41) is 0.946. The van der Waals surface area contributed by atoms with Gasteiger partial charge in [-0.05, 0) is 43.3 Å². The first-order chi connectivity index (χ1) is 15.5. The van der Waals surface area contributed by atoms with Crippen LogP contribution in [0.2, 0.25) is 0 Å². The molecule has 0 N–H and O–H groups in total. The van der Waals surface area contributed by atoms with E-state index in [1.54, 1.807) is 19.2 Å². The van der Waals surface area contributed by atoms with Crippen LogP contribution in [-0.2, 0) is 4.74 Å². The van der Waals surface area contributed by atoms with Crippen LogP contribution < -0.4 is 14.4 Å². The molecule has 0 amide bonds. The second kappa shape index (κ2) is 8.89. The maximum absolute atomic E-state index is 11.6. The molecule has 8 nitrogen and oxygen atoms in total. The Morgan fingerprint density at radius 3 is 2.50 bits per heavy atom. The summed E-state index contributed by atoms with van der Waals surface area (Å²) in [6, 6.07) is 16.7. The number of methoxy groups -OCH3 is 2. The molecule has 0 radical (unpaired) electrons. The number of carbonyl (C=O) groups is 1. The topological polar surface area (TPSA) is 86.7 Å². The normalized spacial score (nSPS) is 10.6. The van der Waals surface area contributed by atoms with E-state index >= 15 is 0 Å². The van der Waals surface area contributed by atoms with Gasteiger partial charge in [0.15, 0.2) is 11.5 Å². The van der Waals surface area contributed by atoms with Crippen molar-refractivity contribution in [1.82, 2.24) is 15.0 Å². The number of esters is 1. The van der Waals surface area contributed by atoms with Crippen molar-refractivity contribution in [3.05, 3.63) is 72.3 Å². The van der Waals surface area contributed by atoms with Gasteiger partial charge in [-0.15, -0.1) is 0 Å². The van der Waals surface area contributed by atoms with Crippen LogP contribution in [0.1, 0.15) is 16.3 Å². The van der Waals surface area contributed by atoms with Crippen LogP contribution in [0.15, 0.2) is 60.8 Å². The quantitative estimate of drug-likeness (QED) is 0.407. The first kappa shape index (κ1) is 21.0. The van der Waals surface area contributed by atoms with Crippen LogP contribution >= 0.6 is 0 Å². The summed E-state index contributed by atoms with van der Waals surface area (Å²) in [6.45, 7) is 1.87. The number of para-hydroxylation sites is 1. The van der Waals surface area contributed by atoms with Crippen molar-refractivity contribution >= 4 is 28.4 Å². The average molecular weight is 430 g/mol. The predicted molar refractivity (Wildman–Crippen MR) is 121 cm³/mol. The molecule has 32 heavy (non-hydrogen) atoms. The molecule has 0 fully saturated rings. The minimum absolute atomic E-state index is 0.200. The number of benzene rings is 2. The second-order valence-electron chi connectivity index (χ2n) is 6.98. The van der Waals surface area contributed by atoms with E-state index in [4.69, 9.17) is 9.47 Å². The van der Waals surface area contributed by atoms with Gasteiger partial charge >= 0.3 is 5.97 Å². The molecule has 0 unspecified atom stereocenters. The molecular formula is C24H22N4O4. The van der Waals surface area contributed by atoms with Crippen molar-refractivity contribution in [2.75, 3.05) is 26.2 Å². The molecule has 162 valence electrons. The Bertz CT molecular complexity index is 1270. The molecule has 4 rings (SSSR count). The first-order valence-corrected chi connectivity index (χ1v) is 9.87. The van der Waals surface area contributed by atoms with Crippen LogP contribution in [0.4, 0.5) is 11.5 Å². The number of nitrogens with zero attached hydrogens (tertiary/aromatic N) is 4. The van der Waals surface area contributed by atoms with Crippen LogP contribution in [-0.4, -0.2) is 42.2 Å². The summed E-state index contributed by atoms with van der Waals surface area (Å²) < 4.78 is 16.1. The third-order valence-electron chi connectivity index (χ3n) is 4.91. The molecule has 0 saturated heterocycles. The molecule has 0 atom stereocenters. The standard InChI is InChI=1S/C24H22N4O4/c1-15-26-19-8-6-5-7-18(19)23(27-15)28(2)16-9-12-21(30-3)22(13-16)32-17-10-11-20(25-14-17)24(29)31-4/h5-14H,1-4H3. The molecule has 2 heterocycles. The average Bonchev–Trinajstić information content (AvgIpc) is 2.83. The van der Waals surface area contributed by atoms with Gasteiger partial charge in [0.05, 0.1) is 25.9 Å². The molecule has 0 spiro atoms. The Labute approximate surface area is 185 Å². The Morgan fingerprint density at radius 2 is 1.78 bits per heavy atom. The van der Waals surface area contributed by atoms with Crippen molar-refractivity contribution < 1.29 is 19.0 Å². The van der Waals surface area contributed by atoms with Crippen LogP contribution in [0.5, 0.6) is 17.2 Å². The van der Waals surface area contributed by atoms with E-state index < -0.39 is 5.97 Å². The summed E-state index contributed by atoms with van der Waals surface area (Å²) in [6.07, 6.45) is 1.46. The molecular weight excluding hydrogens is 408 g/mol. The molecule has 2 aromatic heterocycles. The van der Waals surface area contributed by atoms with E-state index in [-0.39, 0.29) is 5.69 Å². The van der Waals surface area contributed by atoms with Gasteiger partial charge in [-0.3, -0.25) is 0 Å². The Morgan fingerprint density at radius 1 is 0.969 bits per heavy atom. The van der Waals surface area contributed by atoms with Crippen molar-refractivity contribution in [2.45, 2.75) is 6.92 Å². The summed E-state index contributed by atoms with van der Waals surface area (Å²) in [5.74, 6) is 2.48. The van der Waals surface area contributed by atoms with Crippen molar-refractivity contribution in [1.29, 1.82) is 0 Å². The molecule has 8 heteroatoms. The van der Waals surface area contributed by atoms with Crippen molar-refractivity contribution in [2.24, 2.45) is 0 Å². The Hall–Kier alpha value is -4.20. The Balaban J connectivity index is 1.69. The number of pyridine rings is 1. The molecule has 0 bridgehead atoms. The number of hydrogen-bond acceptors (Lipinski definition) is 8. The fourth-order valence-electron chi connectivity index (χ4n) is 3.30. The lowest BCUT2D eigenvalue weighted by atomic mass is 10.2. The monoisotopic (exact) mass is 430 g/mol. The molecule has 0 aliphatic heterocycles. The number of rotatable bonds is 6. The predicted octanol–water partition coefficient (Wildman–Crippen LogP) is 4.69. The number of anilines is 2. The molecule has 0 saturated carbocycles. The highest BCUT2D eigenvalue weighted by Crippen LogP contribution is 2.37. The summed E-state index contributed by atoms with van der Waals surface area (Å²) in [7, 11) is 4.82. The van der Waals surface area contributed by atoms with Gasteiger partial charge in [0.1, 0.15) is 23.1 Å². The molecule has 2 aromatic carbocycles. The zero-order valence-corrected chi connectivity index (χ0v) is 18.2. The van der Waals surface area contributed by atoms with Crippen LogP contribution in [0.25, 0.3) is 10.9 Å². The minimum Gasteiger partial charge on any atom is -0.493 e. The van der Waals surface area contributed by atoms with E-state index in [0.717, 1.165) is 22.4 Å². The second-order valence-corrected chi connectivity index (χ2v) is 6.98. The zero-order chi connectivity index (χ0) is 22.7. The van der Waals surface area contributed by atoms with Crippen LogP contribution in [0, 0.1) is 6.92 Å². The fourth-order valence-corrected chi connectivity index (χ4v) is 3.30. The van der Waals surface area contributed by atoms with Gasteiger partial charge in [-0.2, -0.15) is 0 Å². The lowest BCUT2D eigenvalue weighted by molar-refractivity contribution is 0.0594. The SMILES string of the molecule is COC(=O)c1ccc(Oc2cc(N(C)c3nc(C)nc4ccccc34)ccc2OC)cn1. The number of aryl methyl sites for hydroxylation is 1. The lowest BCUT2D eigenvalue weighted by Crippen LogP contribution is -2.13. The highest BCUT2D eigenvalue weighted by molar-refractivity contribution is 5.91. The molecule has 4 aromatic rings. The van der Waals surface area contributed by atoms with E-state index in [1.165, 1.54) is 13.3 Å². The minimum atomic E-state index is -0.509. The van der Waals surface area contributed by atoms with Crippen molar-refractivity contribution in [3.63, 3.8) is 0 Å². The van der Waals surface area contributed by atoms with Crippen molar-refractivity contribution in [3.8, 4) is 17.2 Å². The maximum Gasteiger partial charge on any atom is 0.356 e. The zero-order valence-electron chi connectivity index (χ0n) is 18.2. The highest BCUT2D eigenvalue weighted by Gasteiger charge is 2.15. The largest absolute Gasteiger partial charge is 0.493 e. The van der Waals surface area contributed by atoms with Crippen LogP contribution in [0.3, 0.4) is 0 Å².